The fraction of sp³-hybridized carbons (Fsp3) is 0.393. The number of dihydropyridines is 1. The number of hydrogen-bond donors (Lipinski definition) is 4. The summed E-state index contributed by atoms with van der Waals surface area (Å²) in [4.78, 5) is 33.3. The molecule has 0 aromatic carbocycles. The van der Waals surface area contributed by atoms with Crippen LogP contribution in [0.3, 0.4) is 0 Å². The first-order chi connectivity index (χ1) is 19.2. The van der Waals surface area contributed by atoms with Crippen molar-refractivity contribution in [2.75, 3.05) is 13.7 Å². The number of carbonyl (C=O) groups is 2. The zero-order valence-electron chi connectivity index (χ0n) is 22.2. The number of aromatic nitrogens is 3. The van der Waals surface area contributed by atoms with Crippen molar-refractivity contribution in [3.05, 3.63) is 76.9 Å². The predicted octanol–water partition coefficient (Wildman–Crippen LogP) is 2.41. The largest absolute Gasteiger partial charge is 0.494 e. The van der Waals surface area contributed by atoms with Gasteiger partial charge in [-0.05, 0) is 55.5 Å². The number of fused-ring (bicyclic) bond motifs is 2. The Hall–Kier alpha value is -4.29. The number of aliphatic hydroxyl groups excluding tert-OH is 2. The number of carboxylic acids is 2. The maximum atomic E-state index is 10.3. The lowest BCUT2D eigenvalue weighted by molar-refractivity contribution is -0.152. The Balaban J connectivity index is 0.000000357. The average Bonchev–Trinajstić information content (AvgIpc) is 3.48. The molecule has 1 aliphatic heterocycles. The Kier molecular flexibility index (Phi) is 9.12. The summed E-state index contributed by atoms with van der Waals surface area (Å²) in [7, 11) is 1.66. The lowest BCUT2D eigenvalue weighted by Gasteiger charge is -2.36. The third-order valence-corrected chi connectivity index (χ3v) is 6.75. The molecule has 1 saturated carbocycles. The smallest absolute Gasteiger partial charge is 0.333 e. The first kappa shape index (κ1) is 28.7. The van der Waals surface area contributed by atoms with Crippen LogP contribution in [0.5, 0.6) is 0 Å². The van der Waals surface area contributed by atoms with Gasteiger partial charge in [-0.2, -0.15) is 0 Å². The maximum Gasteiger partial charge on any atom is 0.333 e. The molecule has 2 aliphatic carbocycles. The Bertz CT molecular complexity index is 1360. The molecule has 40 heavy (non-hydrogen) atoms. The van der Waals surface area contributed by atoms with Crippen LogP contribution < -0.4 is 0 Å². The van der Waals surface area contributed by atoms with Gasteiger partial charge in [0, 0.05) is 36.1 Å². The third-order valence-electron chi connectivity index (χ3n) is 6.75. The summed E-state index contributed by atoms with van der Waals surface area (Å²) in [5.74, 6) is -0.470. The minimum absolute atomic E-state index is 0.0887. The van der Waals surface area contributed by atoms with Crippen LogP contribution in [0, 0.1) is 0 Å². The zero-order valence-corrected chi connectivity index (χ0v) is 22.2. The molecule has 12 heteroatoms. The van der Waals surface area contributed by atoms with Crippen LogP contribution in [0.15, 0.2) is 76.4 Å². The number of methoxy groups -OCH3 is 1. The van der Waals surface area contributed by atoms with Crippen molar-refractivity contribution in [3.63, 3.8) is 0 Å². The van der Waals surface area contributed by atoms with Crippen LogP contribution in [-0.2, 0) is 19.1 Å². The van der Waals surface area contributed by atoms with Crippen molar-refractivity contribution < 1.29 is 39.5 Å². The van der Waals surface area contributed by atoms with E-state index in [0.717, 1.165) is 47.0 Å². The molecule has 4 N–H and O–H groups in total. The molecule has 3 heterocycles. The van der Waals surface area contributed by atoms with Crippen LogP contribution in [0.2, 0.25) is 0 Å². The van der Waals surface area contributed by atoms with Gasteiger partial charge in [-0.25, -0.2) is 14.8 Å². The first-order valence-corrected chi connectivity index (χ1v) is 12.9. The van der Waals surface area contributed by atoms with Gasteiger partial charge in [-0.3, -0.25) is 14.4 Å². The number of pyridine rings is 1. The van der Waals surface area contributed by atoms with E-state index in [4.69, 9.17) is 29.8 Å². The summed E-state index contributed by atoms with van der Waals surface area (Å²) in [5, 5.41) is 34.5. The lowest BCUT2D eigenvalue weighted by atomic mass is 9.76. The quantitative estimate of drug-likeness (QED) is 0.380. The summed E-state index contributed by atoms with van der Waals surface area (Å²) in [6, 6.07) is 4.12. The molecule has 3 atom stereocenters. The van der Waals surface area contributed by atoms with Gasteiger partial charge in [0.05, 0.1) is 38.0 Å². The fourth-order valence-corrected chi connectivity index (χ4v) is 4.87. The number of aliphatic hydroxyl groups is 2. The molecule has 5 rings (SSSR count). The number of imidazole rings is 1. The van der Waals surface area contributed by atoms with Crippen LogP contribution in [-0.4, -0.2) is 84.6 Å². The highest BCUT2D eigenvalue weighted by Crippen LogP contribution is 2.42. The molecular weight excluding hydrogens is 520 g/mol. The van der Waals surface area contributed by atoms with Gasteiger partial charge in [0.1, 0.15) is 17.9 Å². The minimum atomic E-state index is -1.79. The molecule has 0 amide bonds. The molecule has 12 nitrogen and oxygen atoms in total. The SMILES string of the molecule is CCOC1=C(OC)C=C2C(c3ccc(-n4ccnc4)nc3)=N[C@@H]3CC[C@@H](O)CC3=C2C1.O=C(O)CC(O)C(=O)O. The summed E-state index contributed by atoms with van der Waals surface area (Å²) in [5.41, 5.74) is 5.36. The number of aliphatic imine (C=N–C) groups is 1. The Morgan fingerprint density at radius 2 is 2.02 bits per heavy atom. The Morgan fingerprint density at radius 3 is 2.60 bits per heavy atom. The molecule has 1 fully saturated rings. The Morgan fingerprint density at radius 1 is 1.23 bits per heavy atom. The number of carboxylic acid groups (broad SMARTS) is 2. The standard InChI is InChI=1S/C24H26N4O3.C4H6O5/c1-3-31-22-11-17-18-10-16(29)5-6-20(18)27-24(19(17)12-21(22)30-2)15-4-7-23(26-13-15)28-9-8-25-14-28;5-2(4(8)9)1-3(6)7/h4,7-9,12-14,16,20,29H,3,5-6,10-11H2,1-2H3;2,5H,1H2,(H,6,7)(H,8,9)/t16-,20-;/m1./s1. The maximum absolute atomic E-state index is 10.3. The second kappa shape index (κ2) is 12.7. The monoisotopic (exact) mass is 552 g/mol. The number of ether oxygens (including phenoxy) is 2. The molecule has 0 saturated heterocycles. The molecule has 1 unspecified atom stereocenters. The van der Waals surface area contributed by atoms with Crippen LogP contribution in [0.1, 0.15) is 44.6 Å². The highest BCUT2D eigenvalue weighted by Gasteiger charge is 2.36. The molecule has 3 aliphatic rings. The van der Waals surface area contributed by atoms with E-state index in [9.17, 15) is 14.7 Å². The van der Waals surface area contributed by atoms with Crippen molar-refractivity contribution in [3.8, 4) is 5.82 Å². The lowest BCUT2D eigenvalue weighted by Crippen LogP contribution is -2.31. The van der Waals surface area contributed by atoms with Crippen molar-refractivity contribution in [1.82, 2.24) is 14.5 Å². The van der Waals surface area contributed by atoms with Crippen LogP contribution in [0.4, 0.5) is 0 Å². The zero-order chi connectivity index (χ0) is 28.8. The highest BCUT2D eigenvalue weighted by molar-refractivity contribution is 6.16. The summed E-state index contributed by atoms with van der Waals surface area (Å²) < 4.78 is 13.4. The number of aliphatic carboxylic acids is 2. The van der Waals surface area contributed by atoms with Crippen molar-refractivity contribution in [2.45, 2.75) is 57.3 Å². The molecule has 0 bridgehead atoms. The molecular formula is C28H32N4O8. The number of rotatable bonds is 8. The number of hydrogen-bond acceptors (Lipinski definition) is 9. The van der Waals surface area contributed by atoms with Crippen molar-refractivity contribution in [2.24, 2.45) is 4.99 Å². The molecule has 2 aromatic heterocycles. The normalized spacial score (nSPS) is 20.7. The van der Waals surface area contributed by atoms with Crippen LogP contribution >= 0.6 is 0 Å². The number of allylic oxidation sites excluding steroid dienone is 3. The number of nitrogens with zero attached hydrogens (tertiary/aromatic N) is 4. The van der Waals surface area contributed by atoms with E-state index in [2.05, 4.69) is 16.0 Å². The first-order valence-electron chi connectivity index (χ1n) is 12.9. The second-order valence-corrected chi connectivity index (χ2v) is 9.42. The minimum Gasteiger partial charge on any atom is -0.494 e. The topological polar surface area (TPSA) is 177 Å². The fourth-order valence-electron chi connectivity index (χ4n) is 4.87. The van der Waals surface area contributed by atoms with E-state index < -0.39 is 24.5 Å². The van der Waals surface area contributed by atoms with Crippen LogP contribution in [0.25, 0.3) is 5.82 Å². The van der Waals surface area contributed by atoms with Gasteiger partial charge < -0.3 is 29.9 Å². The van der Waals surface area contributed by atoms with E-state index >= 15 is 0 Å². The van der Waals surface area contributed by atoms with E-state index in [0.29, 0.717) is 19.4 Å². The van der Waals surface area contributed by atoms with E-state index in [1.807, 2.05) is 36.0 Å². The molecule has 2 aromatic rings. The predicted molar refractivity (Wildman–Crippen MR) is 143 cm³/mol. The van der Waals surface area contributed by atoms with E-state index in [1.165, 1.54) is 11.1 Å². The van der Waals surface area contributed by atoms with Gasteiger partial charge in [-0.15, -0.1) is 0 Å². The second-order valence-electron chi connectivity index (χ2n) is 9.42. The summed E-state index contributed by atoms with van der Waals surface area (Å²) in [6.45, 7) is 2.56. The van der Waals surface area contributed by atoms with Gasteiger partial charge in [0.25, 0.3) is 0 Å². The van der Waals surface area contributed by atoms with E-state index in [-0.39, 0.29) is 12.1 Å². The van der Waals surface area contributed by atoms with Gasteiger partial charge in [0.2, 0.25) is 0 Å². The molecule has 0 spiro atoms. The third kappa shape index (κ3) is 6.46. The summed E-state index contributed by atoms with van der Waals surface area (Å²) in [6.07, 6.45) is 9.31. The summed E-state index contributed by atoms with van der Waals surface area (Å²) >= 11 is 0. The van der Waals surface area contributed by atoms with Gasteiger partial charge >= 0.3 is 11.9 Å². The van der Waals surface area contributed by atoms with Crippen molar-refractivity contribution >= 4 is 17.7 Å². The van der Waals surface area contributed by atoms with Crippen molar-refractivity contribution in [1.29, 1.82) is 0 Å². The molecule has 0 radical (unpaired) electrons. The van der Waals surface area contributed by atoms with Gasteiger partial charge in [0.15, 0.2) is 11.9 Å². The average molecular weight is 553 g/mol. The van der Waals surface area contributed by atoms with E-state index in [1.54, 1.807) is 19.6 Å². The Labute approximate surface area is 230 Å². The highest BCUT2D eigenvalue weighted by atomic mass is 16.5. The molecule has 212 valence electrons. The van der Waals surface area contributed by atoms with Gasteiger partial charge in [-0.1, -0.05) is 0 Å².